The minimum atomic E-state index is -0.888. The number of amides is 2. The van der Waals surface area contributed by atoms with Crippen molar-refractivity contribution in [3.05, 3.63) is 35.6 Å². The smallest absolute Gasteiger partial charge is 0.309 e. The van der Waals surface area contributed by atoms with Crippen LogP contribution in [0.5, 0.6) is 0 Å². The third-order valence-electron chi connectivity index (χ3n) is 7.23. The van der Waals surface area contributed by atoms with E-state index in [0.717, 1.165) is 12.8 Å². The maximum Gasteiger partial charge on any atom is 0.309 e. The summed E-state index contributed by atoms with van der Waals surface area (Å²) in [5.41, 5.74) is -0.930. The number of esters is 1. The van der Waals surface area contributed by atoms with Crippen LogP contribution in [0.1, 0.15) is 62.7 Å². The van der Waals surface area contributed by atoms with Crippen molar-refractivity contribution in [2.45, 2.75) is 64.1 Å². The number of benzene rings is 1. The summed E-state index contributed by atoms with van der Waals surface area (Å²) in [7, 11) is 0. The van der Waals surface area contributed by atoms with Crippen molar-refractivity contribution in [2.24, 2.45) is 11.8 Å². The number of ether oxygens (including phenoxy) is 2. The molecule has 3 atom stereocenters. The Bertz CT molecular complexity index is 901. The van der Waals surface area contributed by atoms with E-state index >= 15 is 0 Å². The number of carbonyl (C=O) groups is 3. The van der Waals surface area contributed by atoms with Gasteiger partial charge >= 0.3 is 5.97 Å². The van der Waals surface area contributed by atoms with Gasteiger partial charge in [-0.25, -0.2) is 4.39 Å². The van der Waals surface area contributed by atoms with Crippen LogP contribution in [0.15, 0.2) is 24.3 Å². The molecule has 180 valence electrons. The number of likely N-dealkylation sites (tertiary alicyclic amines) is 1. The zero-order valence-corrected chi connectivity index (χ0v) is 19.4. The number of rotatable bonds is 4. The molecule has 2 aliphatic heterocycles. The van der Waals surface area contributed by atoms with Gasteiger partial charge in [-0.1, -0.05) is 25.5 Å². The second-order valence-electron chi connectivity index (χ2n) is 9.48. The van der Waals surface area contributed by atoms with Gasteiger partial charge in [-0.05, 0) is 57.1 Å². The van der Waals surface area contributed by atoms with E-state index in [2.05, 4.69) is 6.92 Å². The molecule has 1 saturated carbocycles. The Morgan fingerprint density at radius 2 is 1.91 bits per heavy atom. The van der Waals surface area contributed by atoms with E-state index in [9.17, 15) is 18.8 Å². The minimum absolute atomic E-state index is 0.0422. The summed E-state index contributed by atoms with van der Waals surface area (Å²) in [6.45, 7) is 5.17. The summed E-state index contributed by atoms with van der Waals surface area (Å²) in [4.78, 5) is 42.5. The molecule has 1 spiro atoms. The van der Waals surface area contributed by atoms with E-state index in [4.69, 9.17) is 9.47 Å². The molecule has 3 aliphatic rings. The van der Waals surface area contributed by atoms with Gasteiger partial charge in [0, 0.05) is 13.1 Å². The minimum Gasteiger partial charge on any atom is -0.466 e. The number of piperidine rings is 1. The molecule has 1 aromatic rings. The number of hydrogen-bond acceptors (Lipinski definition) is 5. The van der Waals surface area contributed by atoms with Crippen molar-refractivity contribution in [2.75, 3.05) is 26.3 Å². The molecule has 0 N–H and O–H groups in total. The highest BCUT2D eigenvalue weighted by molar-refractivity contribution is 5.98. The lowest BCUT2D eigenvalue weighted by molar-refractivity contribution is -0.152. The lowest BCUT2D eigenvalue weighted by atomic mass is 9.82. The summed E-state index contributed by atoms with van der Waals surface area (Å²) < 4.78 is 25.9. The largest absolute Gasteiger partial charge is 0.466 e. The molecular weight excluding hydrogens is 427 g/mol. The first kappa shape index (κ1) is 23.7. The monoisotopic (exact) mass is 460 g/mol. The van der Waals surface area contributed by atoms with Crippen molar-refractivity contribution in [3.63, 3.8) is 0 Å². The van der Waals surface area contributed by atoms with Crippen molar-refractivity contribution in [1.82, 2.24) is 9.80 Å². The van der Waals surface area contributed by atoms with Crippen LogP contribution < -0.4 is 0 Å². The fourth-order valence-electron chi connectivity index (χ4n) is 5.57. The molecule has 3 unspecified atom stereocenters. The van der Waals surface area contributed by atoms with Gasteiger partial charge in [-0.2, -0.15) is 0 Å². The number of carbonyl (C=O) groups excluding carboxylic acids is 3. The highest BCUT2D eigenvalue weighted by Crippen LogP contribution is 2.44. The Labute approximate surface area is 194 Å². The van der Waals surface area contributed by atoms with E-state index < -0.39 is 23.5 Å². The topological polar surface area (TPSA) is 76.2 Å². The molecule has 0 radical (unpaired) electrons. The van der Waals surface area contributed by atoms with E-state index in [1.54, 1.807) is 24.0 Å². The Kier molecular flexibility index (Phi) is 7.02. The summed E-state index contributed by atoms with van der Waals surface area (Å²) in [6, 6.07) is 5.09. The number of nitrogens with zero attached hydrogens (tertiary/aromatic N) is 2. The normalized spacial score (nSPS) is 28.2. The average Bonchev–Trinajstić information content (AvgIpc) is 3.16. The SMILES string of the molecule is CCOC(=O)C1CCN(C(=O)C2COC3(CCCC(C)C3)N2C(=O)c2ccccc2F)CC1. The van der Waals surface area contributed by atoms with Gasteiger partial charge in [0.1, 0.15) is 17.6 Å². The first-order valence-corrected chi connectivity index (χ1v) is 12.0. The summed E-state index contributed by atoms with van der Waals surface area (Å²) >= 11 is 0. The molecule has 4 rings (SSSR count). The summed E-state index contributed by atoms with van der Waals surface area (Å²) in [5, 5.41) is 0. The van der Waals surface area contributed by atoms with E-state index in [-0.39, 0.29) is 30.0 Å². The number of halogens is 1. The van der Waals surface area contributed by atoms with Crippen molar-refractivity contribution < 1.29 is 28.2 Å². The van der Waals surface area contributed by atoms with Gasteiger partial charge in [0.25, 0.3) is 5.91 Å². The second kappa shape index (κ2) is 9.79. The van der Waals surface area contributed by atoms with Crippen LogP contribution in [0.2, 0.25) is 0 Å². The first-order valence-electron chi connectivity index (χ1n) is 12.0. The van der Waals surface area contributed by atoms with Gasteiger partial charge in [-0.3, -0.25) is 19.3 Å². The van der Waals surface area contributed by atoms with Crippen molar-refractivity contribution in [1.29, 1.82) is 0 Å². The summed E-state index contributed by atoms with van der Waals surface area (Å²) in [6.07, 6.45) is 4.23. The predicted molar refractivity (Wildman–Crippen MR) is 119 cm³/mol. The van der Waals surface area contributed by atoms with Gasteiger partial charge in [0.15, 0.2) is 0 Å². The van der Waals surface area contributed by atoms with E-state index in [1.165, 1.54) is 17.0 Å². The van der Waals surface area contributed by atoms with Gasteiger partial charge in [0.05, 0.1) is 24.7 Å². The van der Waals surface area contributed by atoms with E-state index in [1.807, 2.05) is 0 Å². The lowest BCUT2D eigenvalue weighted by Gasteiger charge is -2.44. The third-order valence-corrected chi connectivity index (χ3v) is 7.23. The van der Waals surface area contributed by atoms with Gasteiger partial charge in [-0.15, -0.1) is 0 Å². The Hall–Kier alpha value is -2.48. The summed E-state index contributed by atoms with van der Waals surface area (Å²) in [5.74, 6) is -1.40. The van der Waals surface area contributed by atoms with Crippen LogP contribution in [-0.4, -0.2) is 65.7 Å². The predicted octanol–water partition coefficient (Wildman–Crippen LogP) is 3.37. The van der Waals surface area contributed by atoms with Crippen LogP contribution in [0.25, 0.3) is 0 Å². The molecule has 2 saturated heterocycles. The number of hydrogen-bond donors (Lipinski definition) is 0. The standard InChI is InChI=1S/C25H33FN2O5/c1-3-32-24(31)18-10-13-27(14-11-18)23(30)21-16-33-25(12-6-7-17(2)15-25)28(21)22(29)19-8-4-5-9-20(19)26/h4-5,8-9,17-18,21H,3,6-7,10-16H2,1-2H3. The van der Waals surface area contributed by atoms with Crippen LogP contribution in [0, 0.1) is 17.7 Å². The fourth-order valence-corrected chi connectivity index (χ4v) is 5.57. The Morgan fingerprint density at radius 1 is 1.18 bits per heavy atom. The molecule has 0 bridgehead atoms. The van der Waals surface area contributed by atoms with E-state index in [0.29, 0.717) is 51.3 Å². The molecule has 7 nitrogen and oxygen atoms in total. The molecule has 8 heteroatoms. The molecule has 0 aromatic heterocycles. The third kappa shape index (κ3) is 4.63. The van der Waals surface area contributed by atoms with Crippen molar-refractivity contribution >= 4 is 17.8 Å². The highest BCUT2D eigenvalue weighted by atomic mass is 19.1. The zero-order chi connectivity index (χ0) is 23.6. The van der Waals surface area contributed by atoms with Crippen LogP contribution >= 0.6 is 0 Å². The average molecular weight is 461 g/mol. The highest BCUT2D eigenvalue weighted by Gasteiger charge is 2.55. The van der Waals surface area contributed by atoms with Crippen LogP contribution in [0.4, 0.5) is 4.39 Å². The quantitative estimate of drug-likeness (QED) is 0.644. The molecule has 2 heterocycles. The van der Waals surface area contributed by atoms with Gasteiger partial charge in [0.2, 0.25) is 5.91 Å². The fraction of sp³-hybridized carbons (Fsp3) is 0.640. The molecular formula is C25H33FN2O5. The maximum absolute atomic E-state index is 14.6. The Morgan fingerprint density at radius 3 is 2.58 bits per heavy atom. The molecule has 1 aliphatic carbocycles. The molecule has 3 fully saturated rings. The zero-order valence-electron chi connectivity index (χ0n) is 19.4. The lowest BCUT2D eigenvalue weighted by Crippen LogP contribution is -2.58. The van der Waals surface area contributed by atoms with Crippen LogP contribution in [-0.2, 0) is 19.1 Å². The van der Waals surface area contributed by atoms with Crippen LogP contribution in [0.3, 0.4) is 0 Å². The molecule has 2 amide bonds. The molecule has 1 aromatic carbocycles. The van der Waals surface area contributed by atoms with Gasteiger partial charge < -0.3 is 14.4 Å². The second-order valence-corrected chi connectivity index (χ2v) is 9.48. The maximum atomic E-state index is 14.6. The van der Waals surface area contributed by atoms with Crippen molar-refractivity contribution in [3.8, 4) is 0 Å². The first-order chi connectivity index (χ1) is 15.9. The Balaban J connectivity index is 1.56. The molecule has 33 heavy (non-hydrogen) atoms.